The van der Waals surface area contributed by atoms with Gasteiger partial charge in [-0.25, -0.2) is 0 Å². The van der Waals surface area contributed by atoms with Gasteiger partial charge in [0.25, 0.3) is 0 Å². The number of benzene rings is 1. The Morgan fingerprint density at radius 2 is 2.06 bits per heavy atom. The van der Waals surface area contributed by atoms with Crippen LogP contribution in [-0.2, 0) is 11.2 Å². The first-order valence-electron chi connectivity index (χ1n) is 6.95. The molecule has 0 bridgehead atoms. The highest BCUT2D eigenvalue weighted by Crippen LogP contribution is 2.14. The van der Waals surface area contributed by atoms with E-state index >= 15 is 0 Å². The molecule has 1 atom stereocenters. The molecule has 0 spiro atoms. The maximum atomic E-state index is 5.14. The molecule has 1 unspecified atom stereocenters. The fourth-order valence-electron chi connectivity index (χ4n) is 2.32. The zero-order valence-electron chi connectivity index (χ0n) is 12.3. The van der Waals surface area contributed by atoms with E-state index in [9.17, 15) is 0 Å². The molecule has 102 valence electrons. The quantitative estimate of drug-likeness (QED) is 0.714. The topological polar surface area (TPSA) is 21.3 Å². The summed E-state index contributed by atoms with van der Waals surface area (Å²) in [5, 5.41) is 3.58. The van der Waals surface area contributed by atoms with Crippen molar-refractivity contribution in [2.45, 2.75) is 46.1 Å². The lowest BCUT2D eigenvalue weighted by Crippen LogP contribution is -2.31. The van der Waals surface area contributed by atoms with Gasteiger partial charge in [-0.2, -0.15) is 0 Å². The second-order valence-corrected chi connectivity index (χ2v) is 5.02. The van der Waals surface area contributed by atoms with Crippen LogP contribution in [-0.4, -0.2) is 26.3 Å². The molecule has 1 rings (SSSR count). The second-order valence-electron chi connectivity index (χ2n) is 5.02. The number of aryl methyl sites for hydroxylation is 2. The molecule has 1 aromatic rings. The van der Waals surface area contributed by atoms with E-state index in [1.807, 2.05) is 0 Å². The minimum absolute atomic E-state index is 0.561. The van der Waals surface area contributed by atoms with E-state index in [2.05, 4.69) is 44.3 Å². The predicted octanol–water partition coefficient (Wildman–Crippen LogP) is 3.25. The van der Waals surface area contributed by atoms with Gasteiger partial charge < -0.3 is 10.1 Å². The van der Waals surface area contributed by atoms with Gasteiger partial charge >= 0.3 is 0 Å². The summed E-state index contributed by atoms with van der Waals surface area (Å²) in [6.07, 6.45) is 3.42. The molecular weight excluding hydrogens is 222 g/mol. The third kappa shape index (κ3) is 5.19. The van der Waals surface area contributed by atoms with Crippen LogP contribution in [0.2, 0.25) is 0 Å². The van der Waals surface area contributed by atoms with Crippen LogP contribution in [0.15, 0.2) is 18.2 Å². The van der Waals surface area contributed by atoms with Gasteiger partial charge in [-0.1, -0.05) is 30.7 Å². The number of ether oxygens (including phenoxy) is 1. The average Bonchev–Trinajstić information content (AvgIpc) is 2.34. The maximum absolute atomic E-state index is 5.14. The number of nitrogens with one attached hydrogen (secondary N) is 1. The predicted molar refractivity (Wildman–Crippen MR) is 78.2 cm³/mol. The Hall–Kier alpha value is -0.860. The SMILES string of the molecule is CCNC(CCCOC)Cc1cc(C)ccc1C. The van der Waals surface area contributed by atoms with Crippen molar-refractivity contribution < 1.29 is 4.74 Å². The zero-order chi connectivity index (χ0) is 13.4. The number of hydrogen-bond acceptors (Lipinski definition) is 2. The summed E-state index contributed by atoms with van der Waals surface area (Å²) in [6, 6.07) is 7.29. The van der Waals surface area contributed by atoms with E-state index < -0.39 is 0 Å². The standard InChI is InChI=1S/C16H27NO/c1-5-17-16(7-6-10-18-4)12-15-11-13(2)8-9-14(15)3/h8-9,11,16-17H,5-7,10,12H2,1-4H3. The minimum atomic E-state index is 0.561. The van der Waals surface area contributed by atoms with E-state index in [1.54, 1.807) is 7.11 Å². The first-order valence-corrected chi connectivity index (χ1v) is 6.95. The smallest absolute Gasteiger partial charge is 0.0462 e. The summed E-state index contributed by atoms with van der Waals surface area (Å²) in [7, 11) is 1.77. The van der Waals surface area contributed by atoms with Gasteiger partial charge in [-0.15, -0.1) is 0 Å². The summed E-state index contributed by atoms with van der Waals surface area (Å²) in [4.78, 5) is 0. The van der Waals surface area contributed by atoms with Crippen molar-refractivity contribution in [1.82, 2.24) is 5.32 Å². The fourth-order valence-corrected chi connectivity index (χ4v) is 2.32. The largest absolute Gasteiger partial charge is 0.385 e. The van der Waals surface area contributed by atoms with Crippen molar-refractivity contribution >= 4 is 0 Å². The van der Waals surface area contributed by atoms with Gasteiger partial charge in [0.2, 0.25) is 0 Å². The first kappa shape index (κ1) is 15.2. The van der Waals surface area contributed by atoms with Crippen molar-refractivity contribution in [3.8, 4) is 0 Å². The van der Waals surface area contributed by atoms with Crippen LogP contribution in [0.25, 0.3) is 0 Å². The molecule has 1 aromatic carbocycles. The van der Waals surface area contributed by atoms with Gasteiger partial charge in [0, 0.05) is 19.8 Å². The molecule has 0 aliphatic rings. The first-order chi connectivity index (χ1) is 8.67. The highest BCUT2D eigenvalue weighted by molar-refractivity contribution is 5.31. The molecule has 2 heteroatoms. The third-order valence-electron chi connectivity index (χ3n) is 3.36. The molecular formula is C16H27NO. The summed E-state index contributed by atoms with van der Waals surface area (Å²) >= 11 is 0. The van der Waals surface area contributed by atoms with Crippen LogP contribution in [0.4, 0.5) is 0 Å². The number of hydrogen-bond donors (Lipinski definition) is 1. The zero-order valence-corrected chi connectivity index (χ0v) is 12.3. The lowest BCUT2D eigenvalue weighted by molar-refractivity contribution is 0.188. The summed E-state index contributed by atoms with van der Waals surface area (Å²) in [5.41, 5.74) is 4.22. The third-order valence-corrected chi connectivity index (χ3v) is 3.36. The van der Waals surface area contributed by atoms with Gasteiger partial charge in [-0.3, -0.25) is 0 Å². The molecule has 2 nitrogen and oxygen atoms in total. The van der Waals surface area contributed by atoms with Crippen molar-refractivity contribution in [2.24, 2.45) is 0 Å². The number of rotatable bonds is 8. The van der Waals surface area contributed by atoms with Crippen LogP contribution in [0.5, 0.6) is 0 Å². The van der Waals surface area contributed by atoms with Crippen LogP contribution >= 0.6 is 0 Å². The van der Waals surface area contributed by atoms with E-state index in [4.69, 9.17) is 4.74 Å². The van der Waals surface area contributed by atoms with Crippen LogP contribution in [0.3, 0.4) is 0 Å². The van der Waals surface area contributed by atoms with Crippen molar-refractivity contribution in [3.05, 3.63) is 34.9 Å². The minimum Gasteiger partial charge on any atom is -0.385 e. The molecule has 0 aliphatic heterocycles. The molecule has 0 aromatic heterocycles. The lowest BCUT2D eigenvalue weighted by Gasteiger charge is -2.19. The molecule has 0 amide bonds. The van der Waals surface area contributed by atoms with Gasteiger partial charge in [0.05, 0.1) is 0 Å². The van der Waals surface area contributed by atoms with Crippen molar-refractivity contribution in [3.63, 3.8) is 0 Å². The molecule has 0 heterocycles. The molecule has 0 aliphatic carbocycles. The summed E-state index contributed by atoms with van der Waals surface area (Å²) in [5.74, 6) is 0. The van der Waals surface area contributed by atoms with Crippen molar-refractivity contribution in [2.75, 3.05) is 20.3 Å². The summed E-state index contributed by atoms with van der Waals surface area (Å²) in [6.45, 7) is 8.42. The number of methoxy groups -OCH3 is 1. The Kier molecular flexibility index (Phi) is 6.99. The van der Waals surface area contributed by atoms with Gasteiger partial charge in [0.15, 0.2) is 0 Å². The Balaban J connectivity index is 2.60. The number of likely N-dealkylation sites (N-methyl/N-ethyl adjacent to an activating group) is 1. The Morgan fingerprint density at radius 1 is 1.28 bits per heavy atom. The summed E-state index contributed by atoms with van der Waals surface area (Å²) < 4.78 is 5.14. The monoisotopic (exact) mass is 249 g/mol. The normalized spacial score (nSPS) is 12.7. The molecule has 0 saturated heterocycles. The Bertz CT molecular complexity index is 349. The second kappa shape index (κ2) is 8.28. The van der Waals surface area contributed by atoms with Crippen LogP contribution in [0, 0.1) is 13.8 Å². The fraction of sp³-hybridized carbons (Fsp3) is 0.625. The molecule has 1 N–H and O–H groups in total. The molecule has 0 fully saturated rings. The Morgan fingerprint density at radius 3 is 2.72 bits per heavy atom. The van der Waals surface area contributed by atoms with Crippen molar-refractivity contribution in [1.29, 1.82) is 0 Å². The average molecular weight is 249 g/mol. The van der Waals surface area contributed by atoms with Crippen LogP contribution < -0.4 is 5.32 Å². The van der Waals surface area contributed by atoms with Gasteiger partial charge in [-0.05, 0) is 50.8 Å². The van der Waals surface area contributed by atoms with E-state index in [-0.39, 0.29) is 0 Å². The molecule has 0 saturated carbocycles. The highest BCUT2D eigenvalue weighted by Gasteiger charge is 2.10. The molecule has 18 heavy (non-hydrogen) atoms. The van der Waals surface area contributed by atoms with Crippen LogP contribution in [0.1, 0.15) is 36.5 Å². The van der Waals surface area contributed by atoms with E-state index in [0.717, 1.165) is 26.0 Å². The van der Waals surface area contributed by atoms with E-state index in [1.165, 1.54) is 23.1 Å². The maximum Gasteiger partial charge on any atom is 0.0462 e. The Labute approximate surface area is 112 Å². The lowest BCUT2D eigenvalue weighted by atomic mass is 9.96. The van der Waals surface area contributed by atoms with Gasteiger partial charge in [0.1, 0.15) is 0 Å². The highest BCUT2D eigenvalue weighted by atomic mass is 16.5. The molecule has 0 radical (unpaired) electrons. The van der Waals surface area contributed by atoms with E-state index in [0.29, 0.717) is 6.04 Å².